The Morgan fingerprint density at radius 3 is 2.42 bits per heavy atom. The zero-order valence-electron chi connectivity index (χ0n) is 11.1. The van der Waals surface area contributed by atoms with E-state index >= 15 is 0 Å². The number of hydrogen-bond donors (Lipinski definition) is 4. The maximum Gasteiger partial charge on any atom is 0.326 e. The summed E-state index contributed by atoms with van der Waals surface area (Å²) >= 11 is 0. The molecule has 5 N–H and O–H groups in total. The van der Waals surface area contributed by atoms with Gasteiger partial charge in [0.2, 0.25) is 5.91 Å². The highest BCUT2D eigenvalue weighted by molar-refractivity contribution is 5.83. The first kappa shape index (κ1) is 17.2. The number of carbonyl (C=O) groups is 3. The molecular weight excluding hydrogens is 254 g/mol. The molecule has 0 radical (unpaired) electrons. The van der Waals surface area contributed by atoms with Gasteiger partial charge in [-0.15, -0.1) is 0 Å². The molecule has 1 atom stereocenters. The van der Waals surface area contributed by atoms with Gasteiger partial charge >= 0.3 is 12.0 Å². The number of carbonyl (C=O) groups excluding carboxylic acids is 2. The third-order valence-electron chi connectivity index (χ3n) is 2.12. The Hall–Kier alpha value is -1.83. The van der Waals surface area contributed by atoms with Gasteiger partial charge in [-0.1, -0.05) is 0 Å². The number of nitrogens with two attached hydrogens (primary N) is 1. The van der Waals surface area contributed by atoms with Gasteiger partial charge in [-0.3, -0.25) is 4.79 Å². The fourth-order valence-corrected chi connectivity index (χ4v) is 1.21. The van der Waals surface area contributed by atoms with Crippen molar-refractivity contribution < 1.29 is 24.2 Å². The Labute approximate surface area is 111 Å². The van der Waals surface area contributed by atoms with Crippen LogP contribution in [0.15, 0.2) is 0 Å². The summed E-state index contributed by atoms with van der Waals surface area (Å²) in [6.07, 6.45) is -0.0823. The number of ether oxygens (including phenoxy) is 1. The summed E-state index contributed by atoms with van der Waals surface area (Å²) in [5.74, 6) is -1.83. The summed E-state index contributed by atoms with van der Waals surface area (Å²) in [5.41, 5.74) is 4.92. The highest BCUT2D eigenvalue weighted by atomic mass is 16.5. The number of primary amides is 1. The summed E-state index contributed by atoms with van der Waals surface area (Å²) < 4.78 is 5.20. The lowest BCUT2D eigenvalue weighted by Crippen LogP contribution is -2.47. The molecule has 0 rings (SSSR count). The maximum absolute atomic E-state index is 11.4. The van der Waals surface area contributed by atoms with Gasteiger partial charge in [0, 0.05) is 13.0 Å². The monoisotopic (exact) mass is 275 g/mol. The summed E-state index contributed by atoms with van der Waals surface area (Å²) in [7, 11) is 0. The predicted octanol–water partition coefficient (Wildman–Crippen LogP) is -0.571. The number of amides is 3. The average molecular weight is 275 g/mol. The number of carboxylic acids is 1. The molecule has 0 aliphatic carbocycles. The van der Waals surface area contributed by atoms with Crippen LogP contribution in [0.4, 0.5) is 4.79 Å². The first-order chi connectivity index (χ1) is 8.82. The van der Waals surface area contributed by atoms with Crippen LogP contribution in [0.2, 0.25) is 0 Å². The number of rotatable bonds is 9. The zero-order chi connectivity index (χ0) is 14.8. The second-order valence-corrected chi connectivity index (χ2v) is 4.22. The van der Waals surface area contributed by atoms with Crippen molar-refractivity contribution in [3.8, 4) is 0 Å². The van der Waals surface area contributed by atoms with Gasteiger partial charge in [0.15, 0.2) is 0 Å². The quantitative estimate of drug-likeness (QED) is 0.418. The third-order valence-corrected chi connectivity index (χ3v) is 2.12. The summed E-state index contributed by atoms with van der Waals surface area (Å²) in [5, 5.41) is 13.6. The molecular formula is C11H21N3O5. The minimum absolute atomic E-state index is 0.0411. The van der Waals surface area contributed by atoms with Gasteiger partial charge in [-0.05, 0) is 20.3 Å². The largest absolute Gasteiger partial charge is 0.480 e. The smallest absolute Gasteiger partial charge is 0.326 e. The van der Waals surface area contributed by atoms with Crippen molar-refractivity contribution in [3.05, 3.63) is 0 Å². The second-order valence-electron chi connectivity index (χ2n) is 4.22. The Morgan fingerprint density at radius 1 is 1.32 bits per heavy atom. The molecule has 0 aromatic rings. The van der Waals surface area contributed by atoms with E-state index in [0.29, 0.717) is 6.61 Å². The standard InChI is InChI=1S/C11H21N3O5/c1-7(2)19-6-5-13-11(18)14-8(10(16)17)3-4-9(12)15/h7-8H,3-6H2,1-2H3,(H2,12,15)(H,16,17)(H2,13,14,18)/t8-/m0/s1. The van der Waals surface area contributed by atoms with Crippen LogP contribution >= 0.6 is 0 Å². The summed E-state index contributed by atoms with van der Waals surface area (Å²) in [6.45, 7) is 4.34. The van der Waals surface area contributed by atoms with Crippen LogP contribution in [0.3, 0.4) is 0 Å². The SMILES string of the molecule is CC(C)OCCNC(=O)N[C@@H](CCC(N)=O)C(=O)O. The van der Waals surface area contributed by atoms with Crippen molar-refractivity contribution in [2.24, 2.45) is 5.73 Å². The van der Waals surface area contributed by atoms with E-state index in [1.807, 2.05) is 13.8 Å². The van der Waals surface area contributed by atoms with Crippen LogP contribution in [0.1, 0.15) is 26.7 Å². The van der Waals surface area contributed by atoms with E-state index in [1.165, 1.54) is 0 Å². The molecule has 0 bridgehead atoms. The van der Waals surface area contributed by atoms with Crippen LogP contribution in [0.5, 0.6) is 0 Å². The number of nitrogens with one attached hydrogen (secondary N) is 2. The molecule has 0 aliphatic rings. The lowest BCUT2D eigenvalue weighted by molar-refractivity contribution is -0.139. The molecule has 8 nitrogen and oxygen atoms in total. The molecule has 3 amide bonds. The molecule has 0 saturated carbocycles. The first-order valence-corrected chi connectivity index (χ1v) is 6.00. The number of carboxylic acid groups (broad SMARTS) is 1. The van der Waals surface area contributed by atoms with Crippen LogP contribution < -0.4 is 16.4 Å². The van der Waals surface area contributed by atoms with Crippen molar-refractivity contribution in [2.75, 3.05) is 13.2 Å². The molecule has 0 saturated heterocycles. The fourth-order valence-electron chi connectivity index (χ4n) is 1.21. The van der Waals surface area contributed by atoms with Crippen LogP contribution in [-0.2, 0) is 14.3 Å². The van der Waals surface area contributed by atoms with Crippen LogP contribution in [0.25, 0.3) is 0 Å². The van der Waals surface area contributed by atoms with Gasteiger partial charge < -0.3 is 26.2 Å². The van der Waals surface area contributed by atoms with Gasteiger partial charge in [0.25, 0.3) is 0 Å². The predicted molar refractivity (Wildman–Crippen MR) is 67.5 cm³/mol. The fraction of sp³-hybridized carbons (Fsp3) is 0.727. The molecule has 0 unspecified atom stereocenters. The molecule has 19 heavy (non-hydrogen) atoms. The lowest BCUT2D eigenvalue weighted by Gasteiger charge is -2.14. The molecule has 0 aliphatic heterocycles. The molecule has 0 aromatic heterocycles. The van der Waals surface area contributed by atoms with E-state index in [9.17, 15) is 14.4 Å². The third kappa shape index (κ3) is 9.83. The molecule has 110 valence electrons. The average Bonchev–Trinajstić information content (AvgIpc) is 2.29. The molecule has 0 spiro atoms. The van der Waals surface area contributed by atoms with Crippen molar-refractivity contribution in [2.45, 2.75) is 38.8 Å². The molecule has 0 fully saturated rings. The molecule has 0 heterocycles. The molecule has 0 aromatic carbocycles. The zero-order valence-corrected chi connectivity index (χ0v) is 11.1. The Bertz CT molecular complexity index is 319. The van der Waals surface area contributed by atoms with E-state index in [2.05, 4.69) is 10.6 Å². The number of urea groups is 1. The van der Waals surface area contributed by atoms with Gasteiger partial charge in [0.1, 0.15) is 6.04 Å². The van der Waals surface area contributed by atoms with Crippen molar-refractivity contribution >= 4 is 17.9 Å². The number of hydrogen-bond acceptors (Lipinski definition) is 4. The summed E-state index contributed by atoms with van der Waals surface area (Å²) in [4.78, 5) is 32.8. The van der Waals surface area contributed by atoms with Crippen molar-refractivity contribution in [3.63, 3.8) is 0 Å². The van der Waals surface area contributed by atoms with E-state index < -0.39 is 23.9 Å². The minimum atomic E-state index is -1.21. The van der Waals surface area contributed by atoms with E-state index in [4.69, 9.17) is 15.6 Å². The topological polar surface area (TPSA) is 131 Å². The van der Waals surface area contributed by atoms with Gasteiger partial charge in [-0.25, -0.2) is 9.59 Å². The van der Waals surface area contributed by atoms with Crippen molar-refractivity contribution in [1.82, 2.24) is 10.6 Å². The normalized spacial score (nSPS) is 11.9. The van der Waals surface area contributed by atoms with Crippen molar-refractivity contribution in [1.29, 1.82) is 0 Å². The lowest BCUT2D eigenvalue weighted by atomic mass is 10.1. The van der Waals surface area contributed by atoms with Gasteiger partial charge in [0.05, 0.1) is 12.7 Å². The highest BCUT2D eigenvalue weighted by Gasteiger charge is 2.20. The Morgan fingerprint density at radius 2 is 1.95 bits per heavy atom. The van der Waals surface area contributed by atoms with E-state index in [-0.39, 0.29) is 25.5 Å². The first-order valence-electron chi connectivity index (χ1n) is 6.00. The summed E-state index contributed by atoms with van der Waals surface area (Å²) in [6, 6.07) is -1.76. The van der Waals surface area contributed by atoms with E-state index in [1.54, 1.807) is 0 Å². The van der Waals surface area contributed by atoms with Crippen LogP contribution in [-0.4, -0.2) is 48.3 Å². The maximum atomic E-state index is 11.4. The minimum Gasteiger partial charge on any atom is -0.480 e. The molecule has 8 heteroatoms. The second kappa shape index (κ2) is 9.15. The van der Waals surface area contributed by atoms with Crippen LogP contribution in [0, 0.1) is 0 Å². The number of aliphatic carboxylic acids is 1. The Kier molecular flexibility index (Phi) is 8.27. The van der Waals surface area contributed by atoms with Gasteiger partial charge in [-0.2, -0.15) is 0 Å². The Balaban J connectivity index is 3.96. The highest BCUT2D eigenvalue weighted by Crippen LogP contribution is 1.97. The van der Waals surface area contributed by atoms with E-state index in [0.717, 1.165) is 0 Å².